The number of benzene rings is 1. The molecule has 4 N–H and O–H groups in total. The van der Waals surface area contributed by atoms with E-state index in [9.17, 15) is 29.2 Å². The predicted molar refractivity (Wildman–Crippen MR) is 115 cm³/mol. The minimum Gasteiger partial charge on any atom is -0.480 e. The summed E-state index contributed by atoms with van der Waals surface area (Å²) >= 11 is 0. The SMILES string of the molecule is NCCCCCCP(=O)(CC(=O)N1CCC[C@H]1C(=O)O)OC(O)C(=O)c1ccccc1. The second kappa shape index (κ2) is 12.1. The fourth-order valence-electron chi connectivity index (χ4n) is 3.61. The van der Waals surface area contributed by atoms with E-state index in [1.807, 2.05) is 0 Å². The molecule has 0 bridgehead atoms. The molecule has 1 aliphatic rings. The van der Waals surface area contributed by atoms with Gasteiger partial charge in [0.05, 0.1) is 0 Å². The molecule has 2 rings (SSSR count). The van der Waals surface area contributed by atoms with Crippen molar-refractivity contribution in [2.24, 2.45) is 5.73 Å². The molecular formula is C21H31N2O7P. The van der Waals surface area contributed by atoms with Gasteiger partial charge in [-0.2, -0.15) is 0 Å². The van der Waals surface area contributed by atoms with Gasteiger partial charge in [0.15, 0.2) is 0 Å². The summed E-state index contributed by atoms with van der Waals surface area (Å²) < 4.78 is 18.8. The van der Waals surface area contributed by atoms with E-state index in [-0.39, 0.29) is 18.3 Å². The smallest absolute Gasteiger partial charge is 0.326 e. The third-order valence-electron chi connectivity index (χ3n) is 5.26. The third kappa shape index (κ3) is 7.54. The van der Waals surface area contributed by atoms with Crippen molar-refractivity contribution in [2.75, 3.05) is 25.4 Å². The van der Waals surface area contributed by atoms with Crippen LogP contribution in [-0.2, 0) is 18.7 Å². The minimum absolute atomic E-state index is 0.00796. The topological polar surface area (TPSA) is 147 Å². The molecule has 0 saturated carbocycles. The number of aliphatic carboxylic acids is 1. The van der Waals surface area contributed by atoms with Crippen LogP contribution in [0.3, 0.4) is 0 Å². The molecule has 1 aromatic carbocycles. The van der Waals surface area contributed by atoms with Gasteiger partial charge in [0.2, 0.25) is 25.3 Å². The van der Waals surface area contributed by atoms with Crippen LogP contribution in [0.4, 0.5) is 0 Å². The molecule has 2 unspecified atom stereocenters. The molecule has 3 atom stereocenters. The van der Waals surface area contributed by atoms with E-state index in [4.69, 9.17) is 10.3 Å². The highest BCUT2D eigenvalue weighted by atomic mass is 31.2. The van der Waals surface area contributed by atoms with Gasteiger partial charge < -0.3 is 20.8 Å². The van der Waals surface area contributed by atoms with Crippen molar-refractivity contribution >= 4 is 25.0 Å². The van der Waals surface area contributed by atoms with Crippen LogP contribution < -0.4 is 5.73 Å². The number of carboxylic acid groups (broad SMARTS) is 1. The molecular weight excluding hydrogens is 423 g/mol. The van der Waals surface area contributed by atoms with Crippen LogP contribution in [0.25, 0.3) is 0 Å². The summed E-state index contributed by atoms with van der Waals surface area (Å²) in [4.78, 5) is 37.8. The number of likely N-dealkylation sites (tertiary alicyclic amines) is 1. The van der Waals surface area contributed by atoms with Gasteiger partial charge in [0.25, 0.3) is 0 Å². The Hall–Kier alpha value is -2.06. The van der Waals surface area contributed by atoms with E-state index in [1.54, 1.807) is 18.2 Å². The van der Waals surface area contributed by atoms with Crippen molar-refractivity contribution < 1.29 is 33.7 Å². The maximum atomic E-state index is 13.5. The Kier molecular flexibility index (Phi) is 9.84. The summed E-state index contributed by atoms with van der Waals surface area (Å²) in [5, 5.41) is 19.6. The number of carbonyl (C=O) groups is 3. The number of rotatable bonds is 13. The molecule has 31 heavy (non-hydrogen) atoms. The second-order valence-electron chi connectivity index (χ2n) is 7.67. The average Bonchev–Trinajstić information content (AvgIpc) is 3.24. The number of amides is 1. The van der Waals surface area contributed by atoms with Crippen molar-refractivity contribution in [1.29, 1.82) is 0 Å². The largest absolute Gasteiger partial charge is 0.480 e. The summed E-state index contributed by atoms with van der Waals surface area (Å²) in [5.41, 5.74) is 5.67. The quantitative estimate of drug-likeness (QED) is 0.178. The van der Waals surface area contributed by atoms with Gasteiger partial charge in [-0.1, -0.05) is 43.2 Å². The first kappa shape index (κ1) is 25.2. The van der Waals surface area contributed by atoms with Crippen LogP contribution in [0.15, 0.2) is 30.3 Å². The van der Waals surface area contributed by atoms with E-state index >= 15 is 0 Å². The van der Waals surface area contributed by atoms with Gasteiger partial charge in [-0.3, -0.25) is 18.7 Å². The highest BCUT2D eigenvalue weighted by Gasteiger charge is 2.39. The Morgan fingerprint density at radius 3 is 2.48 bits per heavy atom. The normalized spacial score (nSPS) is 19.0. The Labute approximate surface area is 182 Å². The lowest BCUT2D eigenvalue weighted by molar-refractivity contribution is -0.147. The van der Waals surface area contributed by atoms with Crippen LogP contribution >= 0.6 is 7.37 Å². The Morgan fingerprint density at radius 2 is 1.84 bits per heavy atom. The van der Waals surface area contributed by atoms with Gasteiger partial charge >= 0.3 is 5.97 Å². The number of hydrogen-bond acceptors (Lipinski definition) is 7. The van der Waals surface area contributed by atoms with E-state index in [0.717, 1.165) is 12.8 Å². The molecule has 1 heterocycles. The minimum atomic E-state index is -3.75. The molecule has 172 valence electrons. The zero-order valence-corrected chi connectivity index (χ0v) is 18.4. The molecule has 0 radical (unpaired) electrons. The Bertz CT molecular complexity index is 802. The van der Waals surface area contributed by atoms with Crippen molar-refractivity contribution in [3.05, 3.63) is 35.9 Å². The number of carbonyl (C=O) groups excluding carboxylic acids is 2. The number of unbranched alkanes of at least 4 members (excludes halogenated alkanes) is 3. The summed E-state index contributed by atoms with van der Waals surface area (Å²) in [6, 6.07) is 7.00. The number of ketones is 1. The standard InChI is InChI=1S/C21H31N2O7P/c22-12-6-1-2-7-14-31(29,15-18(24)23-13-8-11-17(23)20(26)27)30-21(28)19(25)16-9-4-3-5-10-16/h3-5,9-10,17,21,28H,1-2,6-8,11-15,22H2,(H,26,27)/t17-,21?,31?/m0/s1. The summed E-state index contributed by atoms with van der Waals surface area (Å²) in [6.45, 7) is 0.806. The van der Waals surface area contributed by atoms with Gasteiger partial charge in [-0.15, -0.1) is 0 Å². The zero-order valence-electron chi connectivity index (χ0n) is 17.5. The van der Waals surface area contributed by atoms with Crippen molar-refractivity contribution in [2.45, 2.75) is 50.9 Å². The molecule has 0 aliphatic carbocycles. The zero-order chi connectivity index (χ0) is 22.9. The summed E-state index contributed by atoms with van der Waals surface area (Å²) in [7, 11) is -3.75. The number of aliphatic hydroxyl groups excluding tert-OH is 1. The monoisotopic (exact) mass is 454 g/mol. The van der Waals surface area contributed by atoms with Gasteiger partial charge in [-0.05, 0) is 32.2 Å². The van der Waals surface area contributed by atoms with Crippen LogP contribution in [0.5, 0.6) is 0 Å². The van der Waals surface area contributed by atoms with Crippen LogP contribution in [0.2, 0.25) is 0 Å². The molecule has 0 aromatic heterocycles. The number of Topliss-reactive ketones (excluding diaryl/α,β-unsaturated/α-hetero) is 1. The van der Waals surface area contributed by atoms with Crippen molar-refractivity contribution in [3.8, 4) is 0 Å². The van der Waals surface area contributed by atoms with Gasteiger partial charge in [0.1, 0.15) is 12.2 Å². The van der Waals surface area contributed by atoms with Gasteiger partial charge in [-0.25, -0.2) is 4.79 Å². The first-order chi connectivity index (χ1) is 14.8. The number of hydrogen-bond donors (Lipinski definition) is 3. The van der Waals surface area contributed by atoms with Crippen LogP contribution in [0, 0.1) is 0 Å². The maximum Gasteiger partial charge on any atom is 0.326 e. The predicted octanol–water partition coefficient (Wildman–Crippen LogP) is 2.08. The molecule has 1 amide bonds. The second-order valence-corrected chi connectivity index (χ2v) is 10.3. The van der Waals surface area contributed by atoms with Crippen LogP contribution in [0.1, 0.15) is 48.9 Å². The lowest BCUT2D eigenvalue weighted by Gasteiger charge is -2.26. The number of aliphatic hydroxyl groups is 1. The highest BCUT2D eigenvalue weighted by Crippen LogP contribution is 2.49. The molecule has 10 heteroatoms. The fraction of sp³-hybridized carbons (Fsp3) is 0.571. The lowest BCUT2D eigenvalue weighted by Crippen LogP contribution is -2.42. The molecule has 1 aliphatic heterocycles. The fourth-order valence-corrected chi connectivity index (χ4v) is 5.71. The molecule has 9 nitrogen and oxygen atoms in total. The number of nitrogens with two attached hydrogens (primary N) is 1. The van der Waals surface area contributed by atoms with Crippen LogP contribution in [-0.4, -0.2) is 70.5 Å². The van der Waals surface area contributed by atoms with E-state index in [2.05, 4.69) is 0 Å². The number of carboxylic acids is 1. The van der Waals surface area contributed by atoms with E-state index in [1.165, 1.54) is 17.0 Å². The Morgan fingerprint density at radius 1 is 1.16 bits per heavy atom. The van der Waals surface area contributed by atoms with Crippen molar-refractivity contribution in [3.63, 3.8) is 0 Å². The lowest BCUT2D eigenvalue weighted by atomic mass is 10.1. The van der Waals surface area contributed by atoms with E-state index in [0.29, 0.717) is 32.2 Å². The summed E-state index contributed by atoms with van der Waals surface area (Å²) in [5.74, 6) is -2.46. The average molecular weight is 454 g/mol. The summed E-state index contributed by atoms with van der Waals surface area (Å²) in [6.07, 6.45) is 1.18. The van der Waals surface area contributed by atoms with E-state index < -0.39 is 43.5 Å². The first-order valence-electron chi connectivity index (χ1n) is 10.5. The Balaban J connectivity index is 2.10. The van der Waals surface area contributed by atoms with Crippen molar-refractivity contribution in [1.82, 2.24) is 4.90 Å². The number of nitrogens with zero attached hydrogens (tertiary/aromatic N) is 1. The molecule has 1 fully saturated rings. The maximum absolute atomic E-state index is 13.5. The molecule has 0 spiro atoms. The highest BCUT2D eigenvalue weighted by molar-refractivity contribution is 7.60. The first-order valence-corrected chi connectivity index (χ1v) is 12.5. The third-order valence-corrected chi connectivity index (χ3v) is 7.60. The molecule has 1 saturated heterocycles. The molecule has 1 aromatic rings. The van der Waals surface area contributed by atoms with Gasteiger partial charge in [0, 0.05) is 18.3 Å².